The molecule has 0 bridgehead atoms. The zero-order chi connectivity index (χ0) is 19.8. The van der Waals surface area contributed by atoms with Gasteiger partial charge in [-0.15, -0.1) is 0 Å². The van der Waals surface area contributed by atoms with Crippen molar-refractivity contribution < 1.29 is 4.79 Å². The van der Waals surface area contributed by atoms with Gasteiger partial charge in [0.1, 0.15) is 5.69 Å². The fraction of sp³-hybridized carbons (Fsp3) is 0.400. The molecule has 3 heteroatoms. The molecule has 148 valence electrons. The maximum absolute atomic E-state index is 13.4. The number of rotatable bonds is 10. The van der Waals surface area contributed by atoms with Crippen LogP contribution in [0.3, 0.4) is 0 Å². The van der Waals surface area contributed by atoms with E-state index in [1.165, 1.54) is 37.7 Å². The highest BCUT2D eigenvalue weighted by molar-refractivity contribution is 5.98. The molecule has 1 aromatic heterocycles. The zero-order valence-corrected chi connectivity index (χ0v) is 17.2. The van der Waals surface area contributed by atoms with Gasteiger partial charge in [-0.25, -0.2) is 0 Å². The van der Waals surface area contributed by atoms with Crippen LogP contribution in [-0.2, 0) is 13.6 Å². The first-order chi connectivity index (χ1) is 13.7. The van der Waals surface area contributed by atoms with Gasteiger partial charge < -0.3 is 9.47 Å². The van der Waals surface area contributed by atoms with E-state index in [2.05, 4.69) is 31.2 Å². The minimum Gasteiger partial charge on any atom is -0.340 e. The van der Waals surface area contributed by atoms with Crippen molar-refractivity contribution in [3.8, 4) is 0 Å². The lowest BCUT2D eigenvalue weighted by Gasteiger charge is -2.23. The molecule has 0 N–H and O–H groups in total. The molecule has 0 atom stereocenters. The van der Waals surface area contributed by atoms with Crippen molar-refractivity contribution in [2.24, 2.45) is 7.05 Å². The third-order valence-electron chi connectivity index (χ3n) is 5.46. The van der Waals surface area contributed by atoms with Crippen LogP contribution in [0.5, 0.6) is 0 Å². The number of para-hydroxylation sites is 1. The van der Waals surface area contributed by atoms with Gasteiger partial charge >= 0.3 is 0 Å². The van der Waals surface area contributed by atoms with E-state index < -0.39 is 0 Å². The molecule has 1 heterocycles. The summed E-state index contributed by atoms with van der Waals surface area (Å²) < 4.78 is 2.02. The maximum atomic E-state index is 13.4. The number of fused-ring (bicyclic) bond motifs is 1. The first-order valence-corrected chi connectivity index (χ1v) is 10.6. The largest absolute Gasteiger partial charge is 0.340 e. The molecule has 0 spiro atoms. The summed E-state index contributed by atoms with van der Waals surface area (Å²) in [6.45, 7) is 3.71. The lowest BCUT2D eigenvalue weighted by molar-refractivity contribution is 0.0730. The molecule has 0 fully saturated rings. The Kier molecular flexibility index (Phi) is 7.30. The molecular weight excluding hydrogens is 344 g/mol. The summed E-state index contributed by atoms with van der Waals surface area (Å²) in [4.78, 5) is 15.4. The molecule has 28 heavy (non-hydrogen) atoms. The van der Waals surface area contributed by atoms with Gasteiger partial charge in [0.05, 0.1) is 0 Å². The lowest BCUT2D eigenvalue weighted by atomic mass is 10.1. The Morgan fingerprint density at radius 1 is 0.893 bits per heavy atom. The second-order valence-corrected chi connectivity index (χ2v) is 7.63. The summed E-state index contributed by atoms with van der Waals surface area (Å²) >= 11 is 0. The Labute approximate surface area is 169 Å². The third-order valence-corrected chi connectivity index (χ3v) is 5.46. The van der Waals surface area contributed by atoms with E-state index >= 15 is 0 Å². The molecule has 0 radical (unpaired) electrons. The van der Waals surface area contributed by atoms with Gasteiger partial charge in [-0.05, 0) is 24.1 Å². The number of hydrogen-bond acceptors (Lipinski definition) is 1. The van der Waals surface area contributed by atoms with Gasteiger partial charge in [0.15, 0.2) is 0 Å². The van der Waals surface area contributed by atoms with E-state index in [-0.39, 0.29) is 5.91 Å². The predicted molar refractivity (Wildman–Crippen MR) is 117 cm³/mol. The van der Waals surface area contributed by atoms with E-state index in [1.54, 1.807) is 0 Å². The van der Waals surface area contributed by atoms with Crippen LogP contribution in [0, 0.1) is 0 Å². The number of benzene rings is 2. The molecule has 2 aromatic carbocycles. The van der Waals surface area contributed by atoms with Crippen LogP contribution in [0.2, 0.25) is 0 Å². The number of hydrogen-bond donors (Lipinski definition) is 0. The van der Waals surface area contributed by atoms with Crippen molar-refractivity contribution >= 4 is 16.8 Å². The van der Waals surface area contributed by atoms with Gasteiger partial charge in [-0.1, -0.05) is 87.6 Å². The normalized spacial score (nSPS) is 11.1. The highest BCUT2D eigenvalue weighted by atomic mass is 16.2. The van der Waals surface area contributed by atoms with Crippen molar-refractivity contribution in [1.29, 1.82) is 0 Å². The first kappa shape index (κ1) is 20.2. The van der Waals surface area contributed by atoms with Crippen molar-refractivity contribution in [2.45, 2.75) is 52.0 Å². The number of unbranched alkanes of at least 4 members (excludes halogenated alkanes) is 5. The average molecular weight is 377 g/mol. The van der Waals surface area contributed by atoms with E-state index in [4.69, 9.17) is 0 Å². The van der Waals surface area contributed by atoms with Gasteiger partial charge in [-0.2, -0.15) is 0 Å². The summed E-state index contributed by atoms with van der Waals surface area (Å²) in [7, 11) is 1.99. The number of aryl methyl sites for hydroxylation is 1. The van der Waals surface area contributed by atoms with Gasteiger partial charge in [0.25, 0.3) is 5.91 Å². The molecule has 0 saturated heterocycles. The predicted octanol–water partition coefficient (Wildman–Crippen LogP) is 6.18. The highest BCUT2D eigenvalue weighted by Gasteiger charge is 2.20. The Morgan fingerprint density at radius 2 is 1.57 bits per heavy atom. The minimum atomic E-state index is 0.121. The molecule has 0 aliphatic carbocycles. The van der Waals surface area contributed by atoms with Gasteiger partial charge in [-0.3, -0.25) is 4.79 Å². The summed E-state index contributed by atoms with van der Waals surface area (Å²) in [6.07, 6.45) is 7.38. The molecular formula is C25H32N2O. The summed E-state index contributed by atoms with van der Waals surface area (Å²) in [6, 6.07) is 20.5. The van der Waals surface area contributed by atoms with Crippen LogP contribution >= 0.6 is 0 Å². The summed E-state index contributed by atoms with van der Waals surface area (Å²) in [5.41, 5.74) is 3.05. The number of nitrogens with zero attached hydrogens (tertiary/aromatic N) is 2. The van der Waals surface area contributed by atoms with E-state index in [9.17, 15) is 4.79 Å². The van der Waals surface area contributed by atoms with Crippen molar-refractivity contribution in [3.05, 3.63) is 71.9 Å². The maximum Gasteiger partial charge on any atom is 0.270 e. The van der Waals surface area contributed by atoms with Crippen LogP contribution < -0.4 is 0 Å². The number of aromatic nitrogens is 1. The molecule has 1 amide bonds. The molecule has 3 nitrogen and oxygen atoms in total. The van der Waals surface area contributed by atoms with Crippen LogP contribution in [-0.4, -0.2) is 21.9 Å². The van der Waals surface area contributed by atoms with E-state index in [0.717, 1.165) is 29.6 Å². The van der Waals surface area contributed by atoms with Crippen LogP contribution in [0.1, 0.15) is 61.5 Å². The average Bonchev–Trinajstić information content (AvgIpc) is 3.07. The summed E-state index contributed by atoms with van der Waals surface area (Å²) in [5, 5.41) is 1.12. The Hall–Kier alpha value is -2.55. The first-order valence-electron chi connectivity index (χ1n) is 10.6. The van der Waals surface area contributed by atoms with Crippen molar-refractivity contribution in [3.63, 3.8) is 0 Å². The van der Waals surface area contributed by atoms with Crippen molar-refractivity contribution in [2.75, 3.05) is 6.54 Å². The van der Waals surface area contributed by atoms with Gasteiger partial charge in [0, 0.05) is 31.0 Å². The van der Waals surface area contributed by atoms with Crippen LogP contribution in [0.25, 0.3) is 10.9 Å². The highest BCUT2D eigenvalue weighted by Crippen LogP contribution is 2.21. The zero-order valence-electron chi connectivity index (χ0n) is 17.2. The Bertz CT molecular complexity index is 882. The van der Waals surface area contributed by atoms with Gasteiger partial charge in [0.2, 0.25) is 0 Å². The number of carbonyl (C=O) groups excluding carboxylic acids is 1. The minimum absolute atomic E-state index is 0.121. The fourth-order valence-corrected chi connectivity index (χ4v) is 3.80. The standard InChI is InChI=1S/C25H32N2O/c1-3-4-5-6-7-13-18-27(20-21-14-9-8-10-15-21)25(28)24-19-22-16-11-12-17-23(22)26(24)2/h8-12,14-17,19H,3-7,13,18,20H2,1-2H3. The second-order valence-electron chi connectivity index (χ2n) is 7.63. The Morgan fingerprint density at radius 3 is 2.32 bits per heavy atom. The third kappa shape index (κ3) is 5.03. The monoisotopic (exact) mass is 376 g/mol. The molecule has 3 aromatic rings. The lowest BCUT2D eigenvalue weighted by Crippen LogP contribution is -2.32. The number of amides is 1. The smallest absolute Gasteiger partial charge is 0.270 e. The fourth-order valence-electron chi connectivity index (χ4n) is 3.80. The molecule has 3 rings (SSSR count). The van der Waals surface area contributed by atoms with Crippen LogP contribution in [0.15, 0.2) is 60.7 Å². The SMILES string of the molecule is CCCCCCCCN(Cc1ccccc1)C(=O)c1cc2ccccc2n1C. The quantitative estimate of drug-likeness (QED) is 0.388. The van der Waals surface area contributed by atoms with E-state index in [1.807, 2.05) is 52.9 Å². The molecule has 0 aliphatic rings. The van der Waals surface area contributed by atoms with E-state index in [0.29, 0.717) is 6.54 Å². The molecule has 0 saturated carbocycles. The topological polar surface area (TPSA) is 25.2 Å². The second kappa shape index (κ2) is 10.1. The van der Waals surface area contributed by atoms with Crippen molar-refractivity contribution in [1.82, 2.24) is 9.47 Å². The Balaban J connectivity index is 1.74. The summed E-state index contributed by atoms with van der Waals surface area (Å²) in [5.74, 6) is 0.121. The van der Waals surface area contributed by atoms with Crippen LogP contribution in [0.4, 0.5) is 0 Å². The number of carbonyl (C=O) groups is 1. The molecule has 0 unspecified atom stereocenters. The molecule has 0 aliphatic heterocycles.